The maximum absolute atomic E-state index is 11.3. The van der Waals surface area contributed by atoms with E-state index in [1.807, 2.05) is 27.7 Å². The van der Waals surface area contributed by atoms with E-state index in [1.165, 1.54) is 0 Å². The molecule has 80 valence electrons. The Kier molecular flexibility index (Phi) is 4.99. The van der Waals surface area contributed by atoms with E-state index in [1.54, 1.807) is 12.2 Å². The molecule has 1 N–H and O–H groups in total. The second-order valence-corrected chi connectivity index (χ2v) is 3.91. The van der Waals surface area contributed by atoms with E-state index in [9.17, 15) is 4.79 Å². The second kappa shape index (κ2) is 5.47. The minimum Gasteiger partial charge on any atom is -0.444 e. The Morgan fingerprint density at radius 3 is 2.43 bits per heavy atom. The van der Waals surface area contributed by atoms with E-state index in [0.717, 1.165) is 12.1 Å². The highest BCUT2D eigenvalue weighted by molar-refractivity contribution is 5.70. The van der Waals surface area contributed by atoms with Crippen LogP contribution in [0.1, 0.15) is 34.1 Å². The van der Waals surface area contributed by atoms with Crippen LogP contribution in [0.25, 0.3) is 0 Å². The summed E-state index contributed by atoms with van der Waals surface area (Å²) < 4.78 is 5.09. The lowest BCUT2D eigenvalue weighted by Gasteiger charge is -2.20. The third-order valence-electron chi connectivity index (χ3n) is 1.36. The summed E-state index contributed by atoms with van der Waals surface area (Å²) in [5.41, 5.74) is 0.339. The number of hydrogen-bond acceptors (Lipinski definition) is 2. The first-order chi connectivity index (χ1) is 6.39. The SMILES string of the molecule is C=C/C=C(\CC)NC(=O)OC(C)(C)C. The average Bonchev–Trinajstić information content (AvgIpc) is 2.00. The zero-order valence-corrected chi connectivity index (χ0v) is 9.39. The van der Waals surface area contributed by atoms with Gasteiger partial charge in [-0.3, -0.25) is 5.32 Å². The third-order valence-corrected chi connectivity index (χ3v) is 1.36. The van der Waals surface area contributed by atoms with Gasteiger partial charge in [-0.15, -0.1) is 0 Å². The molecular formula is C11H19NO2. The molecule has 0 fully saturated rings. The van der Waals surface area contributed by atoms with Gasteiger partial charge in [-0.05, 0) is 33.3 Å². The molecule has 0 bridgehead atoms. The van der Waals surface area contributed by atoms with Crippen LogP contribution in [-0.4, -0.2) is 11.7 Å². The molecule has 0 rings (SSSR count). The van der Waals surface area contributed by atoms with Gasteiger partial charge in [0, 0.05) is 5.70 Å². The lowest BCUT2D eigenvalue weighted by molar-refractivity contribution is 0.0544. The van der Waals surface area contributed by atoms with Crippen molar-refractivity contribution in [2.75, 3.05) is 0 Å². The molecule has 0 radical (unpaired) electrons. The van der Waals surface area contributed by atoms with E-state index in [-0.39, 0.29) is 0 Å². The van der Waals surface area contributed by atoms with Crippen molar-refractivity contribution in [2.45, 2.75) is 39.7 Å². The Morgan fingerprint density at radius 1 is 1.50 bits per heavy atom. The topological polar surface area (TPSA) is 38.3 Å². The Labute approximate surface area is 85.8 Å². The first kappa shape index (κ1) is 12.8. The van der Waals surface area contributed by atoms with Crippen molar-refractivity contribution in [1.82, 2.24) is 5.32 Å². The van der Waals surface area contributed by atoms with Gasteiger partial charge in [0.25, 0.3) is 0 Å². The fraction of sp³-hybridized carbons (Fsp3) is 0.545. The summed E-state index contributed by atoms with van der Waals surface area (Å²) in [7, 11) is 0. The van der Waals surface area contributed by atoms with Crippen LogP contribution in [0.3, 0.4) is 0 Å². The highest BCUT2D eigenvalue weighted by atomic mass is 16.6. The normalized spacial score (nSPS) is 12.1. The summed E-state index contributed by atoms with van der Waals surface area (Å²) in [4.78, 5) is 11.3. The number of nitrogens with one attached hydrogen (secondary N) is 1. The van der Waals surface area contributed by atoms with E-state index in [0.29, 0.717) is 0 Å². The van der Waals surface area contributed by atoms with Crippen molar-refractivity contribution in [3.8, 4) is 0 Å². The lowest BCUT2D eigenvalue weighted by atomic mass is 10.2. The largest absolute Gasteiger partial charge is 0.444 e. The summed E-state index contributed by atoms with van der Waals surface area (Å²) >= 11 is 0. The molecular weight excluding hydrogens is 178 g/mol. The predicted octanol–water partition coefficient (Wildman–Crippen LogP) is 2.99. The Bertz CT molecular complexity index is 236. The van der Waals surface area contributed by atoms with Gasteiger partial charge in [-0.2, -0.15) is 0 Å². The van der Waals surface area contributed by atoms with Gasteiger partial charge in [0.1, 0.15) is 5.60 Å². The number of carbonyl (C=O) groups excluding carboxylic acids is 1. The van der Waals surface area contributed by atoms with Gasteiger partial charge in [-0.1, -0.05) is 19.6 Å². The number of ether oxygens (including phenoxy) is 1. The molecule has 14 heavy (non-hydrogen) atoms. The molecule has 0 aromatic heterocycles. The van der Waals surface area contributed by atoms with E-state index in [2.05, 4.69) is 11.9 Å². The Balaban J connectivity index is 4.18. The second-order valence-electron chi connectivity index (χ2n) is 3.91. The molecule has 0 aliphatic rings. The molecule has 0 saturated heterocycles. The molecule has 0 heterocycles. The van der Waals surface area contributed by atoms with Crippen LogP contribution in [0.15, 0.2) is 24.4 Å². The molecule has 0 aromatic rings. The van der Waals surface area contributed by atoms with Crippen LogP contribution in [0, 0.1) is 0 Å². The number of amides is 1. The first-order valence-electron chi connectivity index (χ1n) is 4.70. The molecule has 0 aliphatic heterocycles. The highest BCUT2D eigenvalue weighted by Crippen LogP contribution is 2.07. The van der Waals surface area contributed by atoms with Crippen LogP contribution >= 0.6 is 0 Å². The summed E-state index contributed by atoms with van der Waals surface area (Å²) in [6, 6.07) is 0. The van der Waals surface area contributed by atoms with Gasteiger partial charge in [0.15, 0.2) is 0 Å². The first-order valence-corrected chi connectivity index (χ1v) is 4.70. The quantitative estimate of drug-likeness (QED) is 0.706. The van der Waals surface area contributed by atoms with E-state index < -0.39 is 11.7 Å². The monoisotopic (exact) mass is 197 g/mol. The minimum atomic E-state index is -0.461. The fourth-order valence-electron chi connectivity index (χ4n) is 0.825. The summed E-state index contributed by atoms with van der Waals surface area (Å²) in [6.07, 6.45) is 3.71. The predicted molar refractivity (Wildman–Crippen MR) is 57.9 cm³/mol. The van der Waals surface area contributed by atoms with Crippen LogP contribution in [-0.2, 0) is 4.74 Å². The zero-order chi connectivity index (χ0) is 11.2. The number of rotatable bonds is 3. The smallest absolute Gasteiger partial charge is 0.411 e. The van der Waals surface area contributed by atoms with Crippen LogP contribution in [0.5, 0.6) is 0 Å². The molecule has 3 heteroatoms. The lowest BCUT2D eigenvalue weighted by Crippen LogP contribution is -2.31. The van der Waals surface area contributed by atoms with E-state index >= 15 is 0 Å². The summed E-state index contributed by atoms with van der Waals surface area (Å²) in [5, 5.41) is 2.65. The standard InChI is InChI=1S/C11H19NO2/c1-6-8-9(7-2)12-10(13)14-11(3,4)5/h6,8H,1,7H2,2-5H3,(H,12,13)/b9-8+. The molecule has 1 amide bonds. The van der Waals surface area contributed by atoms with Crippen LogP contribution in [0.2, 0.25) is 0 Å². The Hall–Kier alpha value is -1.25. The van der Waals surface area contributed by atoms with Gasteiger partial charge in [-0.25, -0.2) is 4.79 Å². The number of alkyl carbamates (subject to hydrolysis) is 1. The average molecular weight is 197 g/mol. The van der Waals surface area contributed by atoms with Crippen molar-refractivity contribution in [1.29, 1.82) is 0 Å². The summed E-state index contributed by atoms with van der Waals surface area (Å²) in [5.74, 6) is 0. The molecule has 0 aromatic carbocycles. The van der Waals surface area contributed by atoms with Crippen molar-refractivity contribution < 1.29 is 9.53 Å². The van der Waals surface area contributed by atoms with Crippen molar-refractivity contribution in [3.05, 3.63) is 24.4 Å². The molecule has 0 atom stereocenters. The maximum Gasteiger partial charge on any atom is 0.411 e. The van der Waals surface area contributed by atoms with Gasteiger partial charge >= 0.3 is 6.09 Å². The molecule has 3 nitrogen and oxygen atoms in total. The fourth-order valence-corrected chi connectivity index (χ4v) is 0.825. The maximum atomic E-state index is 11.3. The van der Waals surface area contributed by atoms with Gasteiger partial charge in [0.2, 0.25) is 0 Å². The number of carbonyl (C=O) groups is 1. The highest BCUT2D eigenvalue weighted by Gasteiger charge is 2.16. The molecule has 0 aliphatic carbocycles. The van der Waals surface area contributed by atoms with E-state index in [4.69, 9.17) is 4.74 Å². The van der Waals surface area contributed by atoms with Crippen LogP contribution in [0.4, 0.5) is 4.79 Å². The van der Waals surface area contributed by atoms with Crippen molar-refractivity contribution in [3.63, 3.8) is 0 Å². The van der Waals surface area contributed by atoms with Crippen molar-refractivity contribution in [2.24, 2.45) is 0 Å². The number of hydrogen-bond donors (Lipinski definition) is 1. The molecule has 0 saturated carbocycles. The number of allylic oxidation sites excluding steroid dienone is 3. The zero-order valence-electron chi connectivity index (χ0n) is 9.39. The Morgan fingerprint density at radius 2 is 2.07 bits per heavy atom. The van der Waals surface area contributed by atoms with Crippen LogP contribution < -0.4 is 5.32 Å². The van der Waals surface area contributed by atoms with Crippen molar-refractivity contribution >= 4 is 6.09 Å². The molecule has 0 unspecified atom stereocenters. The minimum absolute atomic E-state index is 0.424. The van der Waals surface area contributed by atoms with Gasteiger partial charge in [0.05, 0.1) is 0 Å². The summed E-state index contributed by atoms with van der Waals surface area (Å²) in [6.45, 7) is 11.0. The molecule has 0 spiro atoms. The van der Waals surface area contributed by atoms with Gasteiger partial charge < -0.3 is 4.74 Å². The third kappa shape index (κ3) is 6.29.